The molecule has 0 aliphatic rings. The number of halogens is 5. The highest BCUT2D eigenvalue weighted by molar-refractivity contribution is 6.30. The van der Waals surface area contributed by atoms with E-state index in [2.05, 4.69) is 0 Å². The number of benzene rings is 1. The van der Waals surface area contributed by atoms with Gasteiger partial charge in [-0.2, -0.15) is 13.2 Å². The Labute approximate surface area is 92.4 Å². The fourth-order valence-electron chi connectivity index (χ4n) is 1.16. The van der Waals surface area contributed by atoms with Crippen molar-refractivity contribution in [2.45, 2.75) is 12.1 Å². The maximum absolute atomic E-state index is 12.7. The van der Waals surface area contributed by atoms with Crippen molar-refractivity contribution in [2.75, 3.05) is 0 Å². The van der Waals surface area contributed by atoms with E-state index < -0.39 is 34.5 Å². The minimum atomic E-state index is -4.95. The van der Waals surface area contributed by atoms with Gasteiger partial charge < -0.3 is 5.11 Å². The van der Waals surface area contributed by atoms with Crippen molar-refractivity contribution in [3.8, 4) is 0 Å². The highest BCUT2D eigenvalue weighted by Crippen LogP contribution is 2.36. The first-order valence-corrected chi connectivity index (χ1v) is 4.35. The Morgan fingerprint density at radius 1 is 1.38 bits per heavy atom. The van der Waals surface area contributed by atoms with Gasteiger partial charge in [0.15, 0.2) is 5.92 Å². The molecule has 7 heteroatoms. The van der Waals surface area contributed by atoms with Gasteiger partial charge in [-0.3, -0.25) is 4.79 Å². The van der Waals surface area contributed by atoms with E-state index in [9.17, 15) is 22.4 Å². The molecule has 0 spiro atoms. The van der Waals surface area contributed by atoms with Crippen LogP contribution in [0, 0.1) is 5.82 Å². The van der Waals surface area contributed by atoms with Crippen LogP contribution in [0.1, 0.15) is 11.5 Å². The molecule has 0 aliphatic carbocycles. The molecule has 0 radical (unpaired) electrons. The zero-order chi connectivity index (χ0) is 12.5. The molecule has 0 heterocycles. The van der Waals surface area contributed by atoms with Gasteiger partial charge in [-0.15, -0.1) is 0 Å². The standard InChI is InChI=1S/C9H5ClF4O2/c10-5-3-4(1-2-6(5)11)7(8(15)16)9(12,13)14/h1-3,7H,(H,15,16). The third kappa shape index (κ3) is 2.63. The van der Waals surface area contributed by atoms with Gasteiger partial charge in [0.1, 0.15) is 5.82 Å². The number of hydrogen-bond donors (Lipinski definition) is 1. The van der Waals surface area contributed by atoms with Crippen LogP contribution in [-0.4, -0.2) is 17.3 Å². The molecule has 0 saturated carbocycles. The van der Waals surface area contributed by atoms with Gasteiger partial charge in [-0.05, 0) is 17.7 Å². The van der Waals surface area contributed by atoms with Crippen LogP contribution >= 0.6 is 11.6 Å². The molecular formula is C9H5ClF4O2. The minimum absolute atomic E-state index is 0.548. The normalized spacial score (nSPS) is 13.6. The Morgan fingerprint density at radius 3 is 2.31 bits per heavy atom. The largest absolute Gasteiger partial charge is 0.481 e. The van der Waals surface area contributed by atoms with Crippen molar-refractivity contribution < 1.29 is 27.5 Å². The number of aliphatic carboxylic acids is 1. The number of hydrogen-bond acceptors (Lipinski definition) is 1. The lowest BCUT2D eigenvalue weighted by Gasteiger charge is -2.16. The van der Waals surface area contributed by atoms with Gasteiger partial charge in [0.25, 0.3) is 0 Å². The topological polar surface area (TPSA) is 37.3 Å². The van der Waals surface area contributed by atoms with Crippen LogP contribution in [0.4, 0.5) is 17.6 Å². The highest BCUT2D eigenvalue weighted by Gasteiger charge is 2.46. The molecule has 1 aromatic carbocycles. The first-order chi connectivity index (χ1) is 7.23. The number of carboxylic acids is 1. The van der Waals surface area contributed by atoms with Crippen LogP contribution in [0.2, 0.25) is 5.02 Å². The summed E-state index contributed by atoms with van der Waals surface area (Å²) < 4.78 is 49.8. The van der Waals surface area contributed by atoms with Gasteiger partial charge >= 0.3 is 12.1 Å². The molecule has 2 nitrogen and oxygen atoms in total. The van der Waals surface area contributed by atoms with Gasteiger partial charge in [0, 0.05) is 0 Å². The van der Waals surface area contributed by atoms with Gasteiger partial charge in [-0.1, -0.05) is 17.7 Å². The third-order valence-electron chi connectivity index (χ3n) is 1.85. The van der Waals surface area contributed by atoms with Gasteiger partial charge in [-0.25, -0.2) is 4.39 Å². The van der Waals surface area contributed by atoms with Crippen LogP contribution in [0.5, 0.6) is 0 Å². The van der Waals surface area contributed by atoms with Crippen molar-refractivity contribution >= 4 is 17.6 Å². The summed E-state index contributed by atoms with van der Waals surface area (Å²) in [6, 6.07) is 2.09. The summed E-state index contributed by atoms with van der Waals surface area (Å²) in [6.07, 6.45) is -4.95. The Morgan fingerprint density at radius 2 is 1.94 bits per heavy atom. The number of rotatable bonds is 2. The minimum Gasteiger partial charge on any atom is -0.481 e. The zero-order valence-electron chi connectivity index (χ0n) is 7.55. The molecule has 0 aromatic heterocycles. The molecule has 0 fully saturated rings. The zero-order valence-corrected chi connectivity index (χ0v) is 8.31. The Kier molecular flexibility index (Phi) is 3.42. The molecule has 0 saturated heterocycles. The molecule has 1 rings (SSSR count). The molecule has 0 bridgehead atoms. The van der Waals surface area contributed by atoms with Crippen molar-refractivity contribution in [3.05, 3.63) is 34.6 Å². The molecule has 1 unspecified atom stereocenters. The fraction of sp³-hybridized carbons (Fsp3) is 0.222. The van der Waals surface area contributed by atoms with Crippen LogP contribution in [0.3, 0.4) is 0 Å². The van der Waals surface area contributed by atoms with E-state index in [0.717, 1.165) is 6.07 Å². The molecule has 16 heavy (non-hydrogen) atoms. The van der Waals surface area contributed by atoms with Gasteiger partial charge in [0.2, 0.25) is 0 Å². The maximum Gasteiger partial charge on any atom is 0.406 e. The predicted molar refractivity (Wildman–Crippen MR) is 47.8 cm³/mol. The van der Waals surface area contributed by atoms with E-state index in [0.29, 0.717) is 12.1 Å². The van der Waals surface area contributed by atoms with Crippen molar-refractivity contribution in [1.82, 2.24) is 0 Å². The maximum atomic E-state index is 12.7. The number of carbonyl (C=O) groups is 1. The van der Waals surface area contributed by atoms with Crippen molar-refractivity contribution in [1.29, 1.82) is 0 Å². The van der Waals surface area contributed by atoms with Crippen LogP contribution < -0.4 is 0 Å². The molecule has 0 aliphatic heterocycles. The second-order valence-electron chi connectivity index (χ2n) is 2.99. The first kappa shape index (κ1) is 12.8. The van der Waals surface area contributed by atoms with E-state index in [1.165, 1.54) is 0 Å². The Hall–Kier alpha value is -1.30. The molecule has 1 atom stereocenters. The van der Waals surface area contributed by atoms with Crippen LogP contribution in [0.15, 0.2) is 18.2 Å². The lowest BCUT2D eigenvalue weighted by atomic mass is 9.99. The van der Waals surface area contributed by atoms with E-state index in [1.807, 2.05) is 0 Å². The lowest BCUT2D eigenvalue weighted by molar-refractivity contribution is -0.176. The third-order valence-corrected chi connectivity index (χ3v) is 2.14. The average Bonchev–Trinajstić information content (AvgIpc) is 2.08. The summed E-state index contributed by atoms with van der Waals surface area (Å²) in [5.74, 6) is -5.67. The first-order valence-electron chi connectivity index (χ1n) is 3.98. The van der Waals surface area contributed by atoms with E-state index in [1.54, 1.807) is 0 Å². The summed E-state index contributed by atoms with van der Waals surface area (Å²) in [7, 11) is 0. The summed E-state index contributed by atoms with van der Waals surface area (Å²) in [5, 5.41) is 7.92. The average molecular weight is 257 g/mol. The highest BCUT2D eigenvalue weighted by atomic mass is 35.5. The van der Waals surface area contributed by atoms with Crippen LogP contribution in [-0.2, 0) is 4.79 Å². The monoisotopic (exact) mass is 256 g/mol. The second-order valence-corrected chi connectivity index (χ2v) is 3.39. The summed E-state index contributed by atoms with van der Waals surface area (Å²) in [4.78, 5) is 10.5. The second kappa shape index (κ2) is 4.29. The number of carboxylic acid groups (broad SMARTS) is 1. The molecule has 88 valence electrons. The molecular weight excluding hydrogens is 252 g/mol. The lowest BCUT2D eigenvalue weighted by Crippen LogP contribution is -2.28. The summed E-state index contributed by atoms with van der Waals surface area (Å²) in [5.41, 5.74) is -0.605. The van der Waals surface area contributed by atoms with Gasteiger partial charge in [0.05, 0.1) is 5.02 Å². The smallest absolute Gasteiger partial charge is 0.406 e. The van der Waals surface area contributed by atoms with E-state index in [-0.39, 0.29) is 0 Å². The summed E-state index contributed by atoms with van der Waals surface area (Å²) in [6.45, 7) is 0. The van der Waals surface area contributed by atoms with E-state index in [4.69, 9.17) is 16.7 Å². The summed E-state index contributed by atoms with van der Waals surface area (Å²) >= 11 is 5.28. The fourth-order valence-corrected chi connectivity index (χ4v) is 1.35. The Balaban J connectivity index is 3.22. The van der Waals surface area contributed by atoms with Crippen molar-refractivity contribution in [2.24, 2.45) is 0 Å². The SMILES string of the molecule is O=C(O)C(c1ccc(F)c(Cl)c1)C(F)(F)F. The molecule has 1 N–H and O–H groups in total. The van der Waals surface area contributed by atoms with E-state index >= 15 is 0 Å². The van der Waals surface area contributed by atoms with Crippen LogP contribution in [0.25, 0.3) is 0 Å². The number of alkyl halides is 3. The quantitative estimate of drug-likeness (QED) is 0.825. The van der Waals surface area contributed by atoms with Crippen molar-refractivity contribution in [3.63, 3.8) is 0 Å². The Bertz CT molecular complexity index is 416. The molecule has 1 aromatic rings. The molecule has 0 amide bonds. The predicted octanol–water partition coefficient (Wildman–Crippen LogP) is 3.21.